The Labute approximate surface area is 107 Å². The summed E-state index contributed by atoms with van der Waals surface area (Å²) >= 11 is 3.17. The van der Waals surface area contributed by atoms with E-state index in [9.17, 15) is 9.18 Å². The lowest BCUT2D eigenvalue weighted by Crippen LogP contribution is -2.51. The third kappa shape index (κ3) is 1.59. The van der Waals surface area contributed by atoms with Gasteiger partial charge < -0.3 is 0 Å². The second-order valence-electron chi connectivity index (χ2n) is 4.77. The third-order valence-corrected chi connectivity index (χ3v) is 4.25. The standard InChI is InChI=1S/C12H12BrFN2O/c13-8-6-9(14)11(15-7-8)16-10(17)2-5-12(16)3-1-4-12/h6-7H,1-5H2. The van der Waals surface area contributed by atoms with Crippen molar-refractivity contribution in [2.45, 2.75) is 37.6 Å². The summed E-state index contributed by atoms with van der Waals surface area (Å²) in [6.07, 6.45) is 5.93. The van der Waals surface area contributed by atoms with Crippen LogP contribution in [0.25, 0.3) is 0 Å². The molecule has 17 heavy (non-hydrogen) atoms. The Morgan fingerprint density at radius 3 is 2.76 bits per heavy atom. The van der Waals surface area contributed by atoms with Crippen LogP contribution in [0, 0.1) is 5.82 Å². The molecule has 0 aromatic carbocycles. The number of rotatable bonds is 1. The molecule has 1 saturated heterocycles. The highest BCUT2D eigenvalue weighted by molar-refractivity contribution is 9.10. The van der Waals surface area contributed by atoms with E-state index in [4.69, 9.17) is 0 Å². The fourth-order valence-electron chi connectivity index (χ4n) is 2.80. The molecule has 1 spiro atoms. The summed E-state index contributed by atoms with van der Waals surface area (Å²) in [4.78, 5) is 17.6. The molecule has 0 atom stereocenters. The van der Waals surface area contributed by atoms with Gasteiger partial charge in [0, 0.05) is 22.6 Å². The highest BCUT2D eigenvalue weighted by Gasteiger charge is 2.51. The van der Waals surface area contributed by atoms with E-state index >= 15 is 0 Å². The van der Waals surface area contributed by atoms with Crippen LogP contribution in [0.5, 0.6) is 0 Å². The summed E-state index contributed by atoms with van der Waals surface area (Å²) in [5, 5.41) is 0. The molecule has 3 nitrogen and oxygen atoms in total. The van der Waals surface area contributed by atoms with Gasteiger partial charge in [-0.3, -0.25) is 9.69 Å². The first-order valence-electron chi connectivity index (χ1n) is 5.76. The Balaban J connectivity index is 2.04. The SMILES string of the molecule is O=C1CCC2(CCC2)N1c1ncc(Br)cc1F. The van der Waals surface area contributed by atoms with Crippen molar-refractivity contribution in [3.05, 3.63) is 22.6 Å². The van der Waals surface area contributed by atoms with E-state index in [1.807, 2.05) is 0 Å². The van der Waals surface area contributed by atoms with Gasteiger partial charge >= 0.3 is 0 Å². The number of amides is 1. The number of aromatic nitrogens is 1. The second-order valence-corrected chi connectivity index (χ2v) is 5.68. The van der Waals surface area contributed by atoms with Gasteiger partial charge in [-0.25, -0.2) is 9.37 Å². The van der Waals surface area contributed by atoms with Crippen molar-refractivity contribution < 1.29 is 9.18 Å². The van der Waals surface area contributed by atoms with E-state index in [0.717, 1.165) is 25.7 Å². The second kappa shape index (κ2) is 3.77. The molecule has 2 heterocycles. The first-order valence-corrected chi connectivity index (χ1v) is 6.56. The predicted molar refractivity (Wildman–Crippen MR) is 65.2 cm³/mol. The highest BCUT2D eigenvalue weighted by atomic mass is 79.9. The zero-order chi connectivity index (χ0) is 12.0. The molecular weight excluding hydrogens is 287 g/mol. The normalized spacial score (nSPS) is 22.0. The number of anilines is 1. The molecule has 0 N–H and O–H groups in total. The highest BCUT2D eigenvalue weighted by Crippen LogP contribution is 2.48. The molecule has 1 aromatic heterocycles. The zero-order valence-corrected chi connectivity index (χ0v) is 10.8. The van der Waals surface area contributed by atoms with Crippen molar-refractivity contribution >= 4 is 27.7 Å². The van der Waals surface area contributed by atoms with Crippen molar-refractivity contribution in [1.29, 1.82) is 0 Å². The number of pyridine rings is 1. The fourth-order valence-corrected chi connectivity index (χ4v) is 3.10. The van der Waals surface area contributed by atoms with Crippen molar-refractivity contribution in [3.63, 3.8) is 0 Å². The van der Waals surface area contributed by atoms with Gasteiger partial charge in [0.2, 0.25) is 5.91 Å². The van der Waals surface area contributed by atoms with Gasteiger partial charge in [0.15, 0.2) is 11.6 Å². The number of carbonyl (C=O) groups excluding carboxylic acids is 1. The Kier molecular flexibility index (Phi) is 2.47. The number of hydrogen-bond acceptors (Lipinski definition) is 2. The summed E-state index contributed by atoms with van der Waals surface area (Å²) in [5.74, 6) is -0.241. The van der Waals surface area contributed by atoms with Gasteiger partial charge in [-0.05, 0) is 47.7 Å². The summed E-state index contributed by atoms with van der Waals surface area (Å²) in [6.45, 7) is 0. The molecular formula is C12H12BrFN2O. The third-order valence-electron chi connectivity index (χ3n) is 3.81. The van der Waals surface area contributed by atoms with E-state index in [2.05, 4.69) is 20.9 Å². The maximum atomic E-state index is 13.9. The topological polar surface area (TPSA) is 33.2 Å². The van der Waals surface area contributed by atoms with Crippen molar-refractivity contribution in [2.24, 2.45) is 0 Å². The van der Waals surface area contributed by atoms with Gasteiger partial charge in [0.05, 0.1) is 0 Å². The van der Waals surface area contributed by atoms with E-state index < -0.39 is 5.82 Å². The lowest BCUT2D eigenvalue weighted by atomic mass is 9.75. The van der Waals surface area contributed by atoms with E-state index in [1.165, 1.54) is 12.3 Å². The molecule has 3 rings (SSSR count). The van der Waals surface area contributed by atoms with Gasteiger partial charge in [-0.1, -0.05) is 0 Å². The zero-order valence-electron chi connectivity index (χ0n) is 9.25. The fraction of sp³-hybridized carbons (Fsp3) is 0.500. The molecule has 5 heteroatoms. The summed E-state index contributed by atoms with van der Waals surface area (Å²) < 4.78 is 14.5. The Bertz CT molecular complexity index is 487. The lowest BCUT2D eigenvalue weighted by molar-refractivity contribution is -0.117. The minimum absolute atomic E-state index is 0.00146. The number of halogens is 2. The maximum absolute atomic E-state index is 13.9. The largest absolute Gasteiger partial charge is 0.288 e. The van der Waals surface area contributed by atoms with E-state index in [-0.39, 0.29) is 17.3 Å². The van der Waals surface area contributed by atoms with Crippen LogP contribution in [0.1, 0.15) is 32.1 Å². The summed E-state index contributed by atoms with van der Waals surface area (Å²) in [5.41, 5.74) is -0.140. The average Bonchev–Trinajstić information content (AvgIpc) is 2.56. The molecule has 2 aliphatic rings. The molecule has 1 saturated carbocycles. The van der Waals surface area contributed by atoms with E-state index in [1.54, 1.807) is 4.90 Å². The van der Waals surface area contributed by atoms with Gasteiger partial charge in [-0.15, -0.1) is 0 Å². The number of nitrogens with zero attached hydrogens (tertiary/aromatic N) is 2. The Morgan fingerprint density at radius 2 is 2.18 bits per heavy atom. The van der Waals surface area contributed by atoms with Crippen LogP contribution in [0.2, 0.25) is 0 Å². The molecule has 1 aliphatic carbocycles. The molecule has 0 unspecified atom stereocenters. The Morgan fingerprint density at radius 1 is 1.41 bits per heavy atom. The summed E-state index contributed by atoms with van der Waals surface area (Å²) in [7, 11) is 0. The van der Waals surface area contributed by atoms with Crippen molar-refractivity contribution in [2.75, 3.05) is 4.90 Å². The smallest absolute Gasteiger partial charge is 0.228 e. The Hall–Kier alpha value is -0.970. The maximum Gasteiger partial charge on any atom is 0.228 e. The van der Waals surface area contributed by atoms with Crippen LogP contribution in [0.15, 0.2) is 16.7 Å². The number of hydrogen-bond donors (Lipinski definition) is 0. The van der Waals surface area contributed by atoms with Crippen molar-refractivity contribution in [1.82, 2.24) is 4.98 Å². The van der Waals surface area contributed by atoms with Crippen LogP contribution in [0.3, 0.4) is 0 Å². The average molecular weight is 299 g/mol. The van der Waals surface area contributed by atoms with Crippen LogP contribution >= 0.6 is 15.9 Å². The number of carbonyl (C=O) groups is 1. The van der Waals surface area contributed by atoms with Crippen LogP contribution in [0.4, 0.5) is 10.2 Å². The monoisotopic (exact) mass is 298 g/mol. The molecule has 1 aliphatic heterocycles. The van der Waals surface area contributed by atoms with Crippen LogP contribution in [-0.2, 0) is 4.79 Å². The summed E-state index contributed by atoms with van der Waals surface area (Å²) in [6, 6.07) is 1.36. The molecule has 0 bridgehead atoms. The first-order chi connectivity index (χ1) is 8.12. The van der Waals surface area contributed by atoms with Gasteiger partial charge in [0.25, 0.3) is 0 Å². The molecule has 1 amide bonds. The predicted octanol–water partition coefficient (Wildman–Crippen LogP) is 3.03. The lowest BCUT2D eigenvalue weighted by Gasteiger charge is -2.45. The first kappa shape index (κ1) is 11.1. The molecule has 2 fully saturated rings. The van der Waals surface area contributed by atoms with Crippen LogP contribution in [-0.4, -0.2) is 16.4 Å². The van der Waals surface area contributed by atoms with Crippen LogP contribution < -0.4 is 4.90 Å². The molecule has 1 aromatic rings. The quantitative estimate of drug-likeness (QED) is 0.798. The van der Waals surface area contributed by atoms with E-state index in [0.29, 0.717) is 10.9 Å². The molecule has 0 radical (unpaired) electrons. The molecule has 90 valence electrons. The minimum Gasteiger partial charge on any atom is -0.288 e. The van der Waals surface area contributed by atoms with Crippen molar-refractivity contribution in [3.8, 4) is 0 Å². The van der Waals surface area contributed by atoms with Gasteiger partial charge in [0.1, 0.15) is 0 Å². The minimum atomic E-state index is -0.430. The van der Waals surface area contributed by atoms with Gasteiger partial charge in [-0.2, -0.15) is 0 Å².